The second-order valence-electron chi connectivity index (χ2n) is 7.81. The Morgan fingerprint density at radius 2 is 1.75 bits per heavy atom. The highest BCUT2D eigenvalue weighted by Gasteiger charge is 2.45. The summed E-state index contributed by atoms with van der Waals surface area (Å²) in [6, 6.07) is 2.10. The molecule has 3 nitrogen and oxygen atoms in total. The summed E-state index contributed by atoms with van der Waals surface area (Å²) < 4.78 is 6.03. The maximum Gasteiger partial charge on any atom is 0.346 e. The summed E-state index contributed by atoms with van der Waals surface area (Å²) in [5.74, 6) is 2.29. The van der Waals surface area contributed by atoms with Crippen LogP contribution in [0.25, 0.3) is 11.1 Å². The highest BCUT2D eigenvalue weighted by molar-refractivity contribution is 7.07. The van der Waals surface area contributed by atoms with E-state index in [0.717, 1.165) is 34.5 Å². The van der Waals surface area contributed by atoms with Gasteiger partial charge in [0.05, 0.1) is 5.57 Å². The van der Waals surface area contributed by atoms with Crippen molar-refractivity contribution in [2.75, 3.05) is 0 Å². The third-order valence-electron chi connectivity index (χ3n) is 6.43. The predicted octanol–water partition coefficient (Wildman–Crippen LogP) is 2.54. The zero-order chi connectivity index (χ0) is 16.4. The van der Waals surface area contributed by atoms with Gasteiger partial charge in [-0.25, -0.2) is 9.59 Å². The Kier molecular flexibility index (Phi) is 3.15. The number of esters is 2. The van der Waals surface area contributed by atoms with Crippen molar-refractivity contribution in [3.05, 3.63) is 32.8 Å². The number of ether oxygens (including phenoxy) is 1. The first-order valence-corrected chi connectivity index (χ1v) is 9.75. The summed E-state index contributed by atoms with van der Waals surface area (Å²) in [7, 11) is 0. The zero-order valence-electron chi connectivity index (χ0n) is 13.7. The highest BCUT2D eigenvalue weighted by atomic mass is 32.1. The molecule has 4 bridgehead atoms. The van der Waals surface area contributed by atoms with E-state index in [0.29, 0.717) is 5.57 Å². The minimum Gasteiger partial charge on any atom is -0.386 e. The molecule has 2 heterocycles. The number of hydrogen-bond donors (Lipinski definition) is 0. The molecule has 1 aliphatic heterocycles. The summed E-state index contributed by atoms with van der Waals surface area (Å²) in [4.78, 5) is 23.3. The number of thiophene rings is 1. The van der Waals surface area contributed by atoms with Gasteiger partial charge in [0.1, 0.15) is 0 Å². The summed E-state index contributed by atoms with van der Waals surface area (Å²) in [5.41, 5.74) is 2.94. The molecule has 6 rings (SSSR count). The molecular weight excluding hydrogens is 320 g/mol. The fourth-order valence-electron chi connectivity index (χ4n) is 5.65. The quantitative estimate of drug-likeness (QED) is 0.583. The molecule has 0 aromatic carbocycles. The van der Waals surface area contributed by atoms with Gasteiger partial charge in [-0.2, -0.15) is 0 Å². The molecule has 5 aliphatic rings. The van der Waals surface area contributed by atoms with Crippen molar-refractivity contribution in [3.8, 4) is 0 Å². The van der Waals surface area contributed by atoms with Gasteiger partial charge in [-0.15, -0.1) is 11.3 Å². The van der Waals surface area contributed by atoms with Crippen molar-refractivity contribution in [1.82, 2.24) is 0 Å². The van der Waals surface area contributed by atoms with E-state index >= 15 is 0 Å². The summed E-state index contributed by atoms with van der Waals surface area (Å²) >= 11 is 1.80. The second kappa shape index (κ2) is 5.16. The fraction of sp³-hybridized carbons (Fsp3) is 0.500. The molecule has 4 aliphatic carbocycles. The number of rotatable bonds is 1. The molecular formula is C20H20O3S. The third kappa shape index (κ3) is 2.08. The highest BCUT2D eigenvalue weighted by Crippen LogP contribution is 2.56. The average Bonchev–Trinajstić information content (AvgIpc) is 3.12. The SMILES string of the molecule is C/C(C1=CC(=O)OC1=O)=c1/ccsc1=C1C2CC3CC(C2)CC1C3. The summed E-state index contributed by atoms with van der Waals surface area (Å²) in [5, 5.41) is 3.25. The van der Waals surface area contributed by atoms with Crippen LogP contribution in [0.15, 0.2) is 23.1 Å². The van der Waals surface area contributed by atoms with Gasteiger partial charge in [0.25, 0.3) is 0 Å². The van der Waals surface area contributed by atoms with E-state index < -0.39 is 11.9 Å². The maximum absolute atomic E-state index is 11.9. The van der Waals surface area contributed by atoms with Crippen LogP contribution >= 0.6 is 11.3 Å². The van der Waals surface area contributed by atoms with E-state index in [1.54, 1.807) is 16.9 Å². The molecule has 24 heavy (non-hydrogen) atoms. The van der Waals surface area contributed by atoms with E-state index in [4.69, 9.17) is 0 Å². The Balaban J connectivity index is 1.71. The Labute approximate surface area is 144 Å². The summed E-state index contributed by atoms with van der Waals surface area (Å²) in [6.07, 6.45) is 8.18. The van der Waals surface area contributed by atoms with Crippen LogP contribution in [-0.2, 0) is 14.3 Å². The molecule has 1 aromatic heterocycles. The van der Waals surface area contributed by atoms with Gasteiger partial charge in [-0.1, -0.05) is 0 Å². The van der Waals surface area contributed by atoms with E-state index in [1.807, 2.05) is 6.92 Å². The van der Waals surface area contributed by atoms with Gasteiger partial charge in [0.2, 0.25) is 0 Å². The number of carbonyl (C=O) groups is 2. The van der Waals surface area contributed by atoms with Crippen LogP contribution in [0, 0.1) is 23.7 Å². The van der Waals surface area contributed by atoms with E-state index in [9.17, 15) is 9.59 Å². The topological polar surface area (TPSA) is 43.4 Å². The molecule has 4 fully saturated rings. The summed E-state index contributed by atoms with van der Waals surface area (Å²) in [6.45, 7) is 1.94. The Hall–Kier alpha value is -1.68. The van der Waals surface area contributed by atoms with Crippen LogP contribution in [0.3, 0.4) is 0 Å². The molecule has 0 saturated heterocycles. The van der Waals surface area contributed by atoms with Crippen LogP contribution in [0.1, 0.15) is 39.0 Å². The Morgan fingerprint density at radius 3 is 2.33 bits per heavy atom. The van der Waals surface area contributed by atoms with Gasteiger partial charge in [0, 0.05) is 10.6 Å². The van der Waals surface area contributed by atoms with Crippen LogP contribution in [0.5, 0.6) is 0 Å². The van der Waals surface area contributed by atoms with Gasteiger partial charge in [-0.3, -0.25) is 0 Å². The van der Waals surface area contributed by atoms with Crippen LogP contribution in [0.2, 0.25) is 0 Å². The van der Waals surface area contributed by atoms with Crippen molar-refractivity contribution >= 4 is 34.4 Å². The number of cyclic esters (lactones) is 2. The third-order valence-corrected chi connectivity index (χ3v) is 7.39. The molecule has 124 valence electrons. The van der Waals surface area contributed by atoms with Crippen LogP contribution < -0.4 is 9.75 Å². The van der Waals surface area contributed by atoms with E-state index in [1.165, 1.54) is 42.7 Å². The lowest BCUT2D eigenvalue weighted by Crippen LogP contribution is -2.43. The predicted molar refractivity (Wildman–Crippen MR) is 92.3 cm³/mol. The van der Waals surface area contributed by atoms with Crippen LogP contribution in [0.4, 0.5) is 0 Å². The molecule has 0 radical (unpaired) electrons. The molecule has 0 atom stereocenters. The lowest BCUT2D eigenvalue weighted by Gasteiger charge is -2.51. The van der Waals surface area contributed by atoms with Gasteiger partial charge >= 0.3 is 11.9 Å². The minimum atomic E-state index is -0.548. The molecule has 0 spiro atoms. The number of carbonyl (C=O) groups excluding carboxylic acids is 2. The fourth-order valence-corrected chi connectivity index (χ4v) is 6.81. The standard InChI is InChI=1S/C20H20O3S/c1-10(16-9-17(21)23-20(16)22)15-2-3-24-19(15)18-13-5-11-4-12(7-13)8-14(18)6-11/h2-3,9,11-14H,4-8H2,1H3/b15-10+,19-18?. The molecule has 4 saturated carbocycles. The smallest absolute Gasteiger partial charge is 0.346 e. The largest absolute Gasteiger partial charge is 0.386 e. The van der Waals surface area contributed by atoms with Gasteiger partial charge < -0.3 is 4.74 Å². The average molecular weight is 340 g/mol. The monoisotopic (exact) mass is 340 g/mol. The van der Waals surface area contributed by atoms with Crippen molar-refractivity contribution in [2.24, 2.45) is 23.7 Å². The second-order valence-corrected chi connectivity index (χ2v) is 8.73. The molecule has 0 unspecified atom stereocenters. The molecule has 0 N–H and O–H groups in total. The molecule has 1 aromatic rings. The normalized spacial score (nSPS) is 35.4. The van der Waals surface area contributed by atoms with Gasteiger partial charge in [-0.05, 0) is 90.5 Å². The van der Waals surface area contributed by atoms with Crippen molar-refractivity contribution in [2.45, 2.75) is 39.0 Å². The van der Waals surface area contributed by atoms with E-state index in [-0.39, 0.29) is 0 Å². The first-order valence-electron chi connectivity index (χ1n) is 8.87. The van der Waals surface area contributed by atoms with Gasteiger partial charge in [0.15, 0.2) is 0 Å². The molecule has 4 heteroatoms. The zero-order valence-corrected chi connectivity index (χ0v) is 14.5. The first kappa shape index (κ1) is 14.6. The van der Waals surface area contributed by atoms with Crippen LogP contribution in [-0.4, -0.2) is 11.9 Å². The van der Waals surface area contributed by atoms with Crippen molar-refractivity contribution < 1.29 is 14.3 Å². The number of hydrogen-bond acceptors (Lipinski definition) is 4. The molecule has 0 amide bonds. The Bertz CT molecular complexity index is 872. The lowest BCUT2D eigenvalue weighted by molar-refractivity contribution is -0.150. The minimum absolute atomic E-state index is 0.420. The van der Waals surface area contributed by atoms with E-state index in [2.05, 4.69) is 16.2 Å². The maximum atomic E-state index is 11.9. The lowest BCUT2D eigenvalue weighted by atomic mass is 9.54. The Morgan fingerprint density at radius 1 is 1.08 bits per heavy atom. The first-order chi connectivity index (χ1) is 11.6. The van der Waals surface area contributed by atoms with Crippen molar-refractivity contribution in [3.63, 3.8) is 0 Å². The van der Waals surface area contributed by atoms with Crippen molar-refractivity contribution in [1.29, 1.82) is 0 Å².